The highest BCUT2D eigenvalue weighted by Gasteiger charge is 2.31. The Balaban J connectivity index is 2.48. The van der Waals surface area contributed by atoms with Crippen LogP contribution in [0.5, 0.6) is 0 Å². The number of nitriles is 1. The van der Waals surface area contributed by atoms with E-state index >= 15 is 0 Å². The molecule has 0 aliphatic carbocycles. The number of morpholine rings is 1. The fraction of sp³-hybridized carbons (Fsp3) is 0.909. The first-order chi connectivity index (χ1) is 6.87. The second kappa shape index (κ2) is 4.48. The lowest BCUT2D eigenvalue weighted by atomic mass is 9.97. The molecule has 0 amide bonds. The van der Waals surface area contributed by atoms with Crippen molar-refractivity contribution >= 4 is 0 Å². The van der Waals surface area contributed by atoms with Crippen LogP contribution in [-0.2, 0) is 4.74 Å². The normalized spacial score (nSPS) is 25.5. The molecule has 1 aliphatic rings. The molecular weight excluding hydrogens is 190 g/mol. The molecule has 86 valence electrons. The summed E-state index contributed by atoms with van der Waals surface area (Å²) in [5, 5.41) is 8.84. The van der Waals surface area contributed by atoms with Gasteiger partial charge in [-0.3, -0.25) is 4.90 Å². The second-order valence-corrected chi connectivity index (χ2v) is 5.13. The van der Waals surface area contributed by atoms with Crippen LogP contribution < -0.4 is 5.73 Å². The summed E-state index contributed by atoms with van der Waals surface area (Å²) in [4.78, 5) is 2.35. The fourth-order valence-electron chi connectivity index (χ4n) is 1.73. The van der Waals surface area contributed by atoms with Crippen molar-refractivity contribution in [3.63, 3.8) is 0 Å². The largest absolute Gasteiger partial charge is 0.378 e. The number of nitrogens with two attached hydrogens (primary N) is 1. The molecule has 0 saturated carbocycles. The fourth-order valence-corrected chi connectivity index (χ4v) is 1.73. The standard InChI is InChI=1S/C11H21N3O/c1-10(2)9-15-7-6-14(10)5-4-11(3,13)8-12/h4-7,9,13H2,1-3H3. The zero-order chi connectivity index (χ0) is 11.5. The van der Waals surface area contributed by atoms with Crippen molar-refractivity contribution in [3.8, 4) is 6.07 Å². The highest BCUT2D eigenvalue weighted by molar-refractivity contribution is 5.01. The van der Waals surface area contributed by atoms with Gasteiger partial charge in [-0.25, -0.2) is 0 Å². The van der Waals surface area contributed by atoms with E-state index in [9.17, 15) is 0 Å². The highest BCUT2D eigenvalue weighted by atomic mass is 16.5. The Labute approximate surface area is 92.0 Å². The topological polar surface area (TPSA) is 62.3 Å². The summed E-state index contributed by atoms with van der Waals surface area (Å²) < 4.78 is 5.44. The van der Waals surface area contributed by atoms with Gasteiger partial charge in [0.15, 0.2) is 0 Å². The molecule has 1 saturated heterocycles. The quantitative estimate of drug-likeness (QED) is 0.747. The predicted octanol–water partition coefficient (Wildman–Crippen LogP) is 0.728. The van der Waals surface area contributed by atoms with Crippen LogP contribution in [0, 0.1) is 11.3 Å². The third kappa shape index (κ3) is 3.45. The lowest BCUT2D eigenvalue weighted by molar-refractivity contribution is -0.0523. The van der Waals surface area contributed by atoms with Gasteiger partial charge in [-0.15, -0.1) is 0 Å². The first-order valence-electron chi connectivity index (χ1n) is 5.40. The molecule has 1 aliphatic heterocycles. The molecule has 0 aromatic heterocycles. The molecule has 1 atom stereocenters. The van der Waals surface area contributed by atoms with E-state index in [0.29, 0.717) is 6.42 Å². The third-order valence-corrected chi connectivity index (χ3v) is 2.97. The zero-order valence-electron chi connectivity index (χ0n) is 9.92. The molecule has 0 radical (unpaired) electrons. The van der Waals surface area contributed by atoms with Crippen LogP contribution in [0.15, 0.2) is 0 Å². The Hall–Kier alpha value is -0.630. The smallest absolute Gasteiger partial charge is 0.102 e. The molecule has 15 heavy (non-hydrogen) atoms. The highest BCUT2D eigenvalue weighted by Crippen LogP contribution is 2.20. The van der Waals surface area contributed by atoms with E-state index in [1.807, 2.05) is 0 Å². The maximum atomic E-state index is 8.84. The van der Waals surface area contributed by atoms with Gasteiger partial charge in [0.25, 0.3) is 0 Å². The molecular formula is C11H21N3O. The van der Waals surface area contributed by atoms with Crippen molar-refractivity contribution in [3.05, 3.63) is 0 Å². The van der Waals surface area contributed by atoms with Crippen LogP contribution >= 0.6 is 0 Å². The average Bonchev–Trinajstić information content (AvgIpc) is 2.16. The van der Waals surface area contributed by atoms with E-state index in [1.165, 1.54) is 0 Å². The van der Waals surface area contributed by atoms with E-state index < -0.39 is 5.54 Å². The van der Waals surface area contributed by atoms with Crippen LogP contribution in [0.3, 0.4) is 0 Å². The van der Waals surface area contributed by atoms with Gasteiger partial charge in [0.05, 0.1) is 19.3 Å². The minimum Gasteiger partial charge on any atom is -0.378 e. The molecule has 0 spiro atoms. The summed E-state index contributed by atoms with van der Waals surface area (Å²) in [6.45, 7) is 9.41. The van der Waals surface area contributed by atoms with Crippen molar-refractivity contribution in [2.45, 2.75) is 38.3 Å². The molecule has 1 unspecified atom stereocenters. The maximum absolute atomic E-state index is 8.84. The number of hydrogen-bond donors (Lipinski definition) is 1. The first-order valence-corrected chi connectivity index (χ1v) is 5.40. The van der Waals surface area contributed by atoms with E-state index in [-0.39, 0.29) is 5.54 Å². The molecule has 0 bridgehead atoms. The van der Waals surface area contributed by atoms with Gasteiger partial charge in [0.2, 0.25) is 0 Å². The maximum Gasteiger partial charge on any atom is 0.102 e. The number of ether oxygens (including phenoxy) is 1. The summed E-state index contributed by atoms with van der Waals surface area (Å²) >= 11 is 0. The molecule has 1 rings (SSSR count). The predicted molar refractivity (Wildman–Crippen MR) is 59.3 cm³/mol. The van der Waals surface area contributed by atoms with E-state index in [4.69, 9.17) is 15.7 Å². The van der Waals surface area contributed by atoms with E-state index in [0.717, 1.165) is 26.3 Å². The third-order valence-electron chi connectivity index (χ3n) is 2.97. The molecule has 4 nitrogen and oxygen atoms in total. The van der Waals surface area contributed by atoms with E-state index in [1.54, 1.807) is 6.92 Å². The lowest BCUT2D eigenvalue weighted by Crippen LogP contribution is -2.54. The Morgan fingerprint density at radius 3 is 2.80 bits per heavy atom. The van der Waals surface area contributed by atoms with Gasteiger partial charge in [0, 0.05) is 18.6 Å². The van der Waals surface area contributed by atoms with Crippen molar-refractivity contribution in [1.82, 2.24) is 4.90 Å². The van der Waals surface area contributed by atoms with Crippen LogP contribution in [0.25, 0.3) is 0 Å². The molecule has 0 aromatic carbocycles. The van der Waals surface area contributed by atoms with Crippen LogP contribution in [0.1, 0.15) is 27.2 Å². The Kier molecular flexibility index (Phi) is 3.72. The van der Waals surface area contributed by atoms with Crippen LogP contribution in [0.2, 0.25) is 0 Å². The van der Waals surface area contributed by atoms with Gasteiger partial charge in [-0.2, -0.15) is 5.26 Å². The summed E-state index contributed by atoms with van der Waals surface area (Å²) in [5.74, 6) is 0. The summed E-state index contributed by atoms with van der Waals surface area (Å²) in [7, 11) is 0. The van der Waals surface area contributed by atoms with Crippen molar-refractivity contribution < 1.29 is 4.74 Å². The number of hydrogen-bond acceptors (Lipinski definition) is 4. The molecule has 2 N–H and O–H groups in total. The summed E-state index contributed by atoms with van der Waals surface area (Å²) in [6, 6.07) is 2.13. The van der Waals surface area contributed by atoms with Crippen molar-refractivity contribution in [1.29, 1.82) is 5.26 Å². The van der Waals surface area contributed by atoms with Crippen molar-refractivity contribution in [2.24, 2.45) is 5.73 Å². The molecule has 1 fully saturated rings. The monoisotopic (exact) mass is 211 g/mol. The minimum absolute atomic E-state index is 0.0593. The SMILES string of the molecule is CC(N)(C#N)CCN1CCOCC1(C)C. The first kappa shape index (κ1) is 12.4. The summed E-state index contributed by atoms with van der Waals surface area (Å²) in [5.41, 5.74) is 5.15. The van der Waals surface area contributed by atoms with Gasteiger partial charge >= 0.3 is 0 Å². The average molecular weight is 211 g/mol. The lowest BCUT2D eigenvalue weighted by Gasteiger charge is -2.42. The Morgan fingerprint density at radius 2 is 2.27 bits per heavy atom. The zero-order valence-corrected chi connectivity index (χ0v) is 9.92. The van der Waals surface area contributed by atoms with Gasteiger partial charge in [-0.05, 0) is 27.2 Å². The van der Waals surface area contributed by atoms with Gasteiger partial charge in [-0.1, -0.05) is 0 Å². The van der Waals surface area contributed by atoms with Crippen LogP contribution in [0.4, 0.5) is 0 Å². The Morgan fingerprint density at radius 1 is 1.60 bits per heavy atom. The Bertz CT molecular complexity index is 255. The number of nitrogens with zero attached hydrogens (tertiary/aromatic N) is 2. The number of rotatable bonds is 3. The molecule has 0 aromatic rings. The van der Waals surface area contributed by atoms with Crippen LogP contribution in [-0.4, -0.2) is 42.3 Å². The molecule has 1 heterocycles. The minimum atomic E-state index is -0.714. The summed E-state index contributed by atoms with van der Waals surface area (Å²) in [6.07, 6.45) is 0.701. The van der Waals surface area contributed by atoms with E-state index in [2.05, 4.69) is 24.8 Å². The van der Waals surface area contributed by atoms with Crippen molar-refractivity contribution in [2.75, 3.05) is 26.3 Å². The second-order valence-electron chi connectivity index (χ2n) is 5.13. The molecule has 4 heteroatoms. The van der Waals surface area contributed by atoms with Gasteiger partial charge in [0.1, 0.15) is 5.54 Å². The van der Waals surface area contributed by atoms with Gasteiger partial charge < -0.3 is 10.5 Å².